The lowest BCUT2D eigenvalue weighted by atomic mass is 9.96. The summed E-state index contributed by atoms with van der Waals surface area (Å²) >= 11 is 1.27. The van der Waals surface area contributed by atoms with Crippen LogP contribution >= 0.6 is 11.8 Å². The fraction of sp³-hybridized carbons (Fsp3) is 0.697. The highest BCUT2D eigenvalue weighted by Crippen LogP contribution is 2.42. The van der Waals surface area contributed by atoms with Crippen molar-refractivity contribution in [1.29, 1.82) is 0 Å². The molecule has 0 unspecified atom stereocenters. The summed E-state index contributed by atoms with van der Waals surface area (Å²) < 4.78 is 15.7. The molecule has 0 radical (unpaired) electrons. The molecular weight excluding hydrogens is 508 g/mol. The van der Waals surface area contributed by atoms with Crippen LogP contribution in [0.15, 0.2) is 27.5 Å². The van der Waals surface area contributed by atoms with Gasteiger partial charge in [-0.15, -0.1) is 0 Å². The maximum absolute atomic E-state index is 13.4. The number of carbonyl (C=O) groups is 2. The van der Waals surface area contributed by atoms with E-state index in [1.54, 1.807) is 13.8 Å². The van der Waals surface area contributed by atoms with Gasteiger partial charge in [-0.1, -0.05) is 95.7 Å². The molecule has 5 nitrogen and oxygen atoms in total. The number of fused-ring (bicyclic) bond motifs is 3. The number of hydrogen-bond donors (Lipinski definition) is 0. The first kappa shape index (κ1) is 31.6. The SMILES string of the molecule is CCCCCCCCCCCCCCC(Sc1ccc2c3c(oc2c1)CCCC3)(C(=O)OCC)C(=O)OCC. The van der Waals surface area contributed by atoms with E-state index in [-0.39, 0.29) is 13.2 Å². The van der Waals surface area contributed by atoms with Crippen molar-refractivity contribution in [2.24, 2.45) is 0 Å². The van der Waals surface area contributed by atoms with Crippen LogP contribution < -0.4 is 0 Å². The van der Waals surface area contributed by atoms with Crippen LogP contribution in [0, 0.1) is 0 Å². The van der Waals surface area contributed by atoms with Crippen LogP contribution in [0.3, 0.4) is 0 Å². The molecule has 0 N–H and O–H groups in total. The third-order valence-corrected chi connectivity index (χ3v) is 9.19. The Morgan fingerprint density at radius 2 is 1.36 bits per heavy atom. The fourth-order valence-electron chi connectivity index (χ4n) is 5.64. The van der Waals surface area contributed by atoms with Gasteiger partial charge in [0.2, 0.25) is 4.75 Å². The highest BCUT2D eigenvalue weighted by Gasteiger charge is 2.49. The van der Waals surface area contributed by atoms with Gasteiger partial charge in [0.05, 0.1) is 13.2 Å². The summed E-state index contributed by atoms with van der Waals surface area (Å²) in [6.45, 7) is 6.27. The van der Waals surface area contributed by atoms with Crippen LogP contribution in [-0.4, -0.2) is 29.9 Å². The van der Waals surface area contributed by atoms with Crippen molar-refractivity contribution < 1.29 is 23.5 Å². The van der Waals surface area contributed by atoms with Crippen LogP contribution in [0.2, 0.25) is 0 Å². The van der Waals surface area contributed by atoms with Crippen LogP contribution in [0.25, 0.3) is 11.0 Å². The van der Waals surface area contributed by atoms with E-state index in [1.807, 2.05) is 12.1 Å². The number of furan rings is 1. The quantitative estimate of drug-likeness (QED) is 0.0740. The van der Waals surface area contributed by atoms with Crippen molar-refractivity contribution >= 4 is 34.7 Å². The third kappa shape index (κ3) is 9.03. The molecule has 1 heterocycles. The highest BCUT2D eigenvalue weighted by atomic mass is 32.2. The van der Waals surface area contributed by atoms with Gasteiger partial charge in [-0.3, -0.25) is 0 Å². The third-order valence-electron chi connectivity index (χ3n) is 7.81. The zero-order chi connectivity index (χ0) is 27.9. The highest BCUT2D eigenvalue weighted by molar-refractivity contribution is 8.02. The molecule has 39 heavy (non-hydrogen) atoms. The van der Waals surface area contributed by atoms with Crippen molar-refractivity contribution in [3.63, 3.8) is 0 Å². The summed E-state index contributed by atoms with van der Waals surface area (Å²) in [6.07, 6.45) is 19.5. The Balaban J connectivity index is 1.62. The molecule has 1 aliphatic rings. The summed E-state index contributed by atoms with van der Waals surface area (Å²) in [6, 6.07) is 6.07. The number of hydrogen-bond acceptors (Lipinski definition) is 6. The molecule has 0 saturated heterocycles. The van der Waals surface area contributed by atoms with Gasteiger partial charge >= 0.3 is 11.9 Å². The Bertz CT molecular complexity index is 1010. The molecule has 0 bridgehead atoms. The largest absolute Gasteiger partial charge is 0.465 e. The molecule has 1 aromatic heterocycles. The number of carbonyl (C=O) groups excluding carboxylic acids is 2. The number of unbranched alkanes of at least 4 members (excludes halogenated alkanes) is 11. The van der Waals surface area contributed by atoms with Crippen molar-refractivity contribution in [1.82, 2.24) is 0 Å². The van der Waals surface area contributed by atoms with Crippen molar-refractivity contribution in [2.75, 3.05) is 13.2 Å². The molecule has 6 heteroatoms. The summed E-state index contributed by atoms with van der Waals surface area (Å²) in [5.74, 6) is 0.0719. The molecule has 0 spiro atoms. The number of ether oxygens (including phenoxy) is 2. The van der Waals surface area contributed by atoms with E-state index in [0.717, 1.165) is 60.1 Å². The first-order chi connectivity index (χ1) is 19.1. The molecule has 218 valence electrons. The molecular formula is C33H50O5S. The van der Waals surface area contributed by atoms with E-state index in [9.17, 15) is 9.59 Å². The number of aryl methyl sites for hydroxylation is 2. The number of rotatable bonds is 19. The first-order valence-corrected chi connectivity index (χ1v) is 16.4. The predicted octanol–water partition coefficient (Wildman–Crippen LogP) is 9.36. The molecule has 0 atom stereocenters. The summed E-state index contributed by atoms with van der Waals surface area (Å²) in [7, 11) is 0. The van der Waals surface area contributed by atoms with E-state index in [2.05, 4.69) is 13.0 Å². The van der Waals surface area contributed by atoms with E-state index in [4.69, 9.17) is 13.9 Å². The number of benzene rings is 1. The molecule has 1 aliphatic carbocycles. The second kappa shape index (κ2) is 17.0. The minimum absolute atomic E-state index is 0.225. The van der Waals surface area contributed by atoms with Gasteiger partial charge < -0.3 is 13.9 Å². The molecule has 0 saturated carbocycles. The predicted molar refractivity (Wildman–Crippen MR) is 160 cm³/mol. The Hall–Kier alpha value is -1.95. The Kier molecular flexibility index (Phi) is 13.8. The minimum atomic E-state index is -1.41. The van der Waals surface area contributed by atoms with Crippen LogP contribution in [-0.2, 0) is 31.9 Å². The monoisotopic (exact) mass is 558 g/mol. The summed E-state index contributed by atoms with van der Waals surface area (Å²) in [4.78, 5) is 27.6. The fourth-order valence-corrected chi connectivity index (χ4v) is 6.88. The van der Waals surface area contributed by atoms with E-state index in [1.165, 1.54) is 81.5 Å². The maximum atomic E-state index is 13.4. The smallest absolute Gasteiger partial charge is 0.334 e. The average molecular weight is 559 g/mol. The number of thioether (sulfide) groups is 1. The van der Waals surface area contributed by atoms with Gasteiger partial charge in [-0.25, -0.2) is 9.59 Å². The molecule has 0 fully saturated rings. The van der Waals surface area contributed by atoms with Crippen molar-refractivity contribution in [2.45, 2.75) is 140 Å². The van der Waals surface area contributed by atoms with Gasteiger partial charge in [0.25, 0.3) is 0 Å². The lowest BCUT2D eigenvalue weighted by Gasteiger charge is -2.28. The lowest BCUT2D eigenvalue weighted by molar-refractivity contribution is -0.159. The Labute approximate surface area is 240 Å². The Morgan fingerprint density at radius 3 is 1.95 bits per heavy atom. The Morgan fingerprint density at radius 1 is 0.795 bits per heavy atom. The first-order valence-electron chi connectivity index (χ1n) is 15.6. The van der Waals surface area contributed by atoms with E-state index in [0.29, 0.717) is 6.42 Å². The van der Waals surface area contributed by atoms with Crippen LogP contribution in [0.4, 0.5) is 0 Å². The van der Waals surface area contributed by atoms with Gasteiger partial charge in [0, 0.05) is 22.3 Å². The molecule has 3 rings (SSSR count). The van der Waals surface area contributed by atoms with Crippen LogP contribution in [0.1, 0.15) is 128 Å². The second-order valence-electron chi connectivity index (χ2n) is 10.9. The standard InChI is InChI=1S/C33H50O5S/c1-4-7-8-9-10-11-12-13-14-15-16-19-24-33(31(34)36-5-2,32(35)37-6-3)39-26-22-23-28-27-20-17-18-21-29(27)38-30(28)25-26/h22-23,25H,4-21,24H2,1-3H3. The molecule has 2 aromatic rings. The van der Waals surface area contributed by atoms with Crippen molar-refractivity contribution in [3.8, 4) is 0 Å². The normalized spacial score (nSPS) is 13.4. The zero-order valence-electron chi connectivity index (χ0n) is 24.6. The van der Waals surface area contributed by atoms with Crippen LogP contribution in [0.5, 0.6) is 0 Å². The summed E-state index contributed by atoms with van der Waals surface area (Å²) in [5, 5.41) is 1.15. The molecule has 0 aliphatic heterocycles. The lowest BCUT2D eigenvalue weighted by Crippen LogP contribution is -2.46. The van der Waals surface area contributed by atoms with E-state index >= 15 is 0 Å². The van der Waals surface area contributed by atoms with Gasteiger partial charge in [-0.05, 0) is 57.7 Å². The zero-order valence-corrected chi connectivity index (χ0v) is 25.4. The van der Waals surface area contributed by atoms with Gasteiger partial charge in [0.1, 0.15) is 11.3 Å². The van der Waals surface area contributed by atoms with E-state index < -0.39 is 16.7 Å². The van der Waals surface area contributed by atoms with Gasteiger partial charge in [-0.2, -0.15) is 0 Å². The minimum Gasteiger partial charge on any atom is -0.465 e. The summed E-state index contributed by atoms with van der Waals surface area (Å²) in [5.41, 5.74) is 2.14. The molecule has 1 aromatic carbocycles. The average Bonchev–Trinajstić information content (AvgIpc) is 3.31. The maximum Gasteiger partial charge on any atom is 0.334 e. The van der Waals surface area contributed by atoms with Gasteiger partial charge in [0.15, 0.2) is 0 Å². The van der Waals surface area contributed by atoms with Crippen molar-refractivity contribution in [3.05, 3.63) is 29.5 Å². The molecule has 0 amide bonds. The second-order valence-corrected chi connectivity index (χ2v) is 12.3. The topological polar surface area (TPSA) is 65.7 Å². The number of esters is 2.